The van der Waals surface area contributed by atoms with E-state index in [2.05, 4.69) is 5.32 Å². The van der Waals surface area contributed by atoms with Gasteiger partial charge in [-0.05, 0) is 30.2 Å². The molecule has 0 aliphatic carbocycles. The summed E-state index contributed by atoms with van der Waals surface area (Å²) in [6.45, 7) is 2.90. The quantitative estimate of drug-likeness (QED) is 0.273. The van der Waals surface area contributed by atoms with Gasteiger partial charge in [-0.1, -0.05) is 25.4 Å². The van der Waals surface area contributed by atoms with Gasteiger partial charge in [-0.3, -0.25) is 19.7 Å². The van der Waals surface area contributed by atoms with Gasteiger partial charge in [0.2, 0.25) is 6.79 Å². The summed E-state index contributed by atoms with van der Waals surface area (Å²) in [5.74, 6) is -1.39. The highest BCUT2D eigenvalue weighted by Crippen LogP contribution is 2.32. The molecule has 1 unspecified atom stereocenters. The fourth-order valence-corrected chi connectivity index (χ4v) is 3.16. The Hall–Kier alpha value is -3.66. The van der Waals surface area contributed by atoms with Crippen molar-refractivity contribution < 1.29 is 33.5 Å². The molecule has 0 spiro atoms. The zero-order valence-electron chi connectivity index (χ0n) is 17.1. The summed E-state index contributed by atoms with van der Waals surface area (Å²) in [5, 5.41) is 13.2. The predicted octanol–water partition coefficient (Wildman–Crippen LogP) is 3.16. The van der Waals surface area contributed by atoms with Gasteiger partial charge < -0.3 is 19.5 Å². The van der Waals surface area contributed by atoms with E-state index in [0.717, 1.165) is 12.1 Å². The molecule has 1 N–H and O–H groups in total. The van der Waals surface area contributed by atoms with Crippen molar-refractivity contribution >= 4 is 34.9 Å². The van der Waals surface area contributed by atoms with Crippen molar-refractivity contribution in [1.82, 2.24) is 5.32 Å². The van der Waals surface area contributed by atoms with E-state index in [-0.39, 0.29) is 34.5 Å². The number of benzene rings is 2. The number of amides is 1. The van der Waals surface area contributed by atoms with Gasteiger partial charge in [-0.15, -0.1) is 0 Å². The Balaban J connectivity index is 1.63. The lowest BCUT2D eigenvalue weighted by atomic mass is 10.0. The van der Waals surface area contributed by atoms with E-state index in [0.29, 0.717) is 11.5 Å². The van der Waals surface area contributed by atoms with Crippen LogP contribution < -0.4 is 14.8 Å². The van der Waals surface area contributed by atoms with Crippen LogP contribution in [0.4, 0.5) is 5.69 Å². The Labute approximate surface area is 187 Å². The van der Waals surface area contributed by atoms with Gasteiger partial charge in [0.1, 0.15) is 6.04 Å². The number of rotatable bonds is 8. The first-order valence-corrected chi connectivity index (χ1v) is 9.89. The molecule has 1 aliphatic heterocycles. The molecule has 1 heterocycles. The second-order valence-corrected chi connectivity index (χ2v) is 7.62. The number of nitrogens with one attached hydrogen (secondary N) is 1. The first kappa shape index (κ1) is 23.0. The van der Waals surface area contributed by atoms with Crippen molar-refractivity contribution in [2.75, 3.05) is 13.4 Å². The van der Waals surface area contributed by atoms with Crippen LogP contribution >= 0.6 is 11.6 Å². The highest BCUT2D eigenvalue weighted by molar-refractivity contribution is 6.34. The van der Waals surface area contributed by atoms with Gasteiger partial charge in [0.05, 0.1) is 15.5 Å². The molecule has 2 aromatic carbocycles. The Bertz CT molecular complexity index is 1090. The number of ketones is 1. The van der Waals surface area contributed by atoms with Crippen molar-refractivity contribution in [3.63, 3.8) is 0 Å². The molecule has 1 amide bonds. The predicted molar refractivity (Wildman–Crippen MR) is 112 cm³/mol. The number of carbonyl (C=O) groups excluding carboxylic acids is 3. The average molecular weight is 463 g/mol. The summed E-state index contributed by atoms with van der Waals surface area (Å²) in [7, 11) is 0. The van der Waals surface area contributed by atoms with Crippen LogP contribution in [0.15, 0.2) is 36.4 Å². The van der Waals surface area contributed by atoms with Crippen molar-refractivity contribution in [1.29, 1.82) is 0 Å². The molecule has 1 atom stereocenters. The number of hydrogen-bond donors (Lipinski definition) is 1. The third kappa shape index (κ3) is 5.14. The lowest BCUT2D eigenvalue weighted by Crippen LogP contribution is -2.45. The first-order valence-electron chi connectivity index (χ1n) is 9.51. The largest absolute Gasteiger partial charge is 0.456 e. The molecule has 3 rings (SSSR count). The number of nitro groups is 1. The summed E-state index contributed by atoms with van der Waals surface area (Å²) in [5.41, 5.74) is -0.0228. The molecule has 1 aliphatic rings. The Morgan fingerprint density at radius 3 is 2.53 bits per heavy atom. The number of Topliss-reactive ketones (excluding diaryl/α,β-unsaturated/α-hetero) is 1. The van der Waals surface area contributed by atoms with E-state index >= 15 is 0 Å². The maximum Gasteiger partial charge on any atom is 0.329 e. The zero-order valence-corrected chi connectivity index (χ0v) is 17.9. The lowest BCUT2D eigenvalue weighted by molar-refractivity contribution is -0.384. The number of fused-ring (bicyclic) bond motifs is 1. The van der Waals surface area contributed by atoms with Crippen LogP contribution in [-0.4, -0.2) is 42.0 Å². The molecule has 32 heavy (non-hydrogen) atoms. The fourth-order valence-electron chi connectivity index (χ4n) is 2.90. The number of ether oxygens (including phenoxy) is 3. The average Bonchev–Trinajstić information content (AvgIpc) is 3.22. The minimum Gasteiger partial charge on any atom is -0.456 e. The molecular formula is C21H19ClN2O8. The molecule has 11 heteroatoms. The topological polar surface area (TPSA) is 134 Å². The number of halogens is 1. The summed E-state index contributed by atoms with van der Waals surface area (Å²) >= 11 is 5.98. The normalized spacial score (nSPS) is 12.9. The maximum atomic E-state index is 12.6. The molecular weight excluding hydrogens is 444 g/mol. The standard InChI is InChI=1S/C21H19ClN2O8/c1-11(2)19(23-20(26)14-5-4-13(24(28)29)8-15(14)22)21(27)30-9-16(25)12-3-6-17-18(7-12)32-10-31-17/h3-8,11,19H,9-10H2,1-2H3,(H,23,26). The van der Waals surface area contributed by atoms with Gasteiger partial charge in [0.25, 0.3) is 11.6 Å². The summed E-state index contributed by atoms with van der Waals surface area (Å²) < 4.78 is 15.5. The van der Waals surface area contributed by atoms with Crippen LogP contribution in [0.25, 0.3) is 0 Å². The van der Waals surface area contributed by atoms with E-state index in [1.807, 2.05) is 0 Å². The van der Waals surface area contributed by atoms with Gasteiger partial charge in [0, 0.05) is 17.7 Å². The molecule has 168 valence electrons. The van der Waals surface area contributed by atoms with Crippen LogP contribution in [0.5, 0.6) is 11.5 Å². The number of hydrogen-bond acceptors (Lipinski definition) is 8. The zero-order chi connectivity index (χ0) is 23.4. The Morgan fingerprint density at radius 1 is 1.16 bits per heavy atom. The van der Waals surface area contributed by atoms with E-state index in [1.165, 1.54) is 18.2 Å². The second-order valence-electron chi connectivity index (χ2n) is 7.22. The summed E-state index contributed by atoms with van der Waals surface area (Å²) in [6.07, 6.45) is 0. The van der Waals surface area contributed by atoms with Crippen LogP contribution in [0.2, 0.25) is 5.02 Å². The van der Waals surface area contributed by atoms with E-state index in [1.54, 1.807) is 19.9 Å². The van der Waals surface area contributed by atoms with Gasteiger partial charge in [0.15, 0.2) is 23.9 Å². The molecule has 10 nitrogen and oxygen atoms in total. The third-order valence-electron chi connectivity index (χ3n) is 4.66. The molecule has 0 bridgehead atoms. The van der Waals surface area contributed by atoms with Crippen LogP contribution in [0, 0.1) is 16.0 Å². The maximum absolute atomic E-state index is 12.6. The van der Waals surface area contributed by atoms with Crippen molar-refractivity contribution in [3.05, 3.63) is 62.7 Å². The first-order chi connectivity index (χ1) is 15.2. The number of nitro benzene ring substituents is 1. The molecule has 0 fully saturated rings. The fraction of sp³-hybridized carbons (Fsp3) is 0.286. The number of esters is 1. The number of carbonyl (C=O) groups is 3. The summed E-state index contributed by atoms with van der Waals surface area (Å²) in [4.78, 5) is 47.7. The SMILES string of the molecule is CC(C)C(NC(=O)c1ccc([N+](=O)[O-])cc1Cl)C(=O)OCC(=O)c1ccc2c(c1)OCO2. The van der Waals surface area contributed by atoms with E-state index < -0.39 is 35.2 Å². The van der Waals surface area contributed by atoms with Gasteiger partial charge in [-0.2, -0.15) is 0 Å². The minimum absolute atomic E-state index is 0.0350. The van der Waals surface area contributed by atoms with Crippen molar-refractivity contribution in [3.8, 4) is 11.5 Å². The van der Waals surface area contributed by atoms with Crippen molar-refractivity contribution in [2.24, 2.45) is 5.92 Å². The monoisotopic (exact) mass is 462 g/mol. The second kappa shape index (κ2) is 9.65. The Morgan fingerprint density at radius 2 is 1.88 bits per heavy atom. The van der Waals surface area contributed by atoms with Crippen LogP contribution in [0.1, 0.15) is 34.6 Å². The number of non-ortho nitro benzene ring substituents is 1. The van der Waals surface area contributed by atoms with Crippen molar-refractivity contribution in [2.45, 2.75) is 19.9 Å². The molecule has 2 aromatic rings. The van der Waals surface area contributed by atoms with Crippen LogP contribution in [0.3, 0.4) is 0 Å². The molecule has 0 saturated carbocycles. The smallest absolute Gasteiger partial charge is 0.329 e. The molecule has 0 radical (unpaired) electrons. The lowest BCUT2D eigenvalue weighted by Gasteiger charge is -2.21. The third-order valence-corrected chi connectivity index (χ3v) is 4.97. The van der Waals surface area contributed by atoms with E-state index in [9.17, 15) is 24.5 Å². The van der Waals surface area contributed by atoms with Gasteiger partial charge >= 0.3 is 5.97 Å². The highest BCUT2D eigenvalue weighted by Gasteiger charge is 2.28. The summed E-state index contributed by atoms with van der Waals surface area (Å²) in [6, 6.07) is 6.91. The number of nitrogens with zero attached hydrogens (tertiary/aromatic N) is 1. The van der Waals surface area contributed by atoms with Gasteiger partial charge in [-0.25, -0.2) is 4.79 Å². The highest BCUT2D eigenvalue weighted by atomic mass is 35.5. The molecule has 0 aromatic heterocycles. The van der Waals surface area contributed by atoms with Crippen LogP contribution in [-0.2, 0) is 9.53 Å². The molecule has 0 saturated heterocycles. The minimum atomic E-state index is -1.07. The Kier molecular flexibility index (Phi) is 6.94. The van der Waals surface area contributed by atoms with E-state index in [4.69, 9.17) is 25.8 Å².